The zero-order chi connectivity index (χ0) is 14.5. The predicted molar refractivity (Wildman–Crippen MR) is 85.3 cm³/mol. The molecule has 1 aromatic heterocycles. The second-order valence-electron chi connectivity index (χ2n) is 6.18. The Labute approximate surface area is 122 Å². The quantitative estimate of drug-likeness (QED) is 0.852. The average molecular weight is 276 g/mol. The molecule has 0 amide bonds. The van der Waals surface area contributed by atoms with Crippen LogP contribution in [0.15, 0.2) is 6.33 Å². The van der Waals surface area contributed by atoms with Crippen LogP contribution in [0.3, 0.4) is 0 Å². The van der Waals surface area contributed by atoms with Gasteiger partial charge in [0, 0.05) is 18.2 Å². The standard InChI is InChI=1S/C16H28N4/c1-5-17-15-14(11(2)3)16(19-10-18-15)20-13-9-7-6-8-12(13)4/h10-13H,5-9H2,1-4H3,(H2,17,18,19,20). The van der Waals surface area contributed by atoms with E-state index in [0.29, 0.717) is 12.0 Å². The monoisotopic (exact) mass is 276 g/mol. The summed E-state index contributed by atoms with van der Waals surface area (Å²) >= 11 is 0. The lowest BCUT2D eigenvalue weighted by Crippen LogP contribution is -2.31. The Kier molecular flexibility index (Phi) is 5.21. The lowest BCUT2D eigenvalue weighted by atomic mass is 9.86. The van der Waals surface area contributed by atoms with E-state index in [2.05, 4.69) is 48.3 Å². The molecule has 1 saturated carbocycles. The molecule has 1 aliphatic rings. The van der Waals surface area contributed by atoms with Crippen LogP contribution in [0.4, 0.5) is 11.6 Å². The maximum Gasteiger partial charge on any atom is 0.135 e. The summed E-state index contributed by atoms with van der Waals surface area (Å²) in [5.41, 5.74) is 1.21. The Bertz CT molecular complexity index is 430. The number of hydrogen-bond acceptors (Lipinski definition) is 4. The Morgan fingerprint density at radius 1 is 1.20 bits per heavy atom. The third kappa shape index (κ3) is 3.41. The van der Waals surface area contributed by atoms with Crippen molar-refractivity contribution in [3.8, 4) is 0 Å². The van der Waals surface area contributed by atoms with E-state index in [1.165, 1.54) is 31.2 Å². The summed E-state index contributed by atoms with van der Waals surface area (Å²) < 4.78 is 0. The van der Waals surface area contributed by atoms with Crippen LogP contribution in [0.2, 0.25) is 0 Å². The molecule has 20 heavy (non-hydrogen) atoms. The van der Waals surface area contributed by atoms with E-state index in [4.69, 9.17) is 0 Å². The molecule has 1 aliphatic carbocycles. The Morgan fingerprint density at radius 2 is 1.90 bits per heavy atom. The van der Waals surface area contributed by atoms with E-state index >= 15 is 0 Å². The molecule has 0 saturated heterocycles. The van der Waals surface area contributed by atoms with Gasteiger partial charge in [0.2, 0.25) is 0 Å². The van der Waals surface area contributed by atoms with Gasteiger partial charge in [-0.05, 0) is 31.6 Å². The van der Waals surface area contributed by atoms with Crippen LogP contribution in [0.1, 0.15) is 64.9 Å². The van der Waals surface area contributed by atoms with Crippen LogP contribution in [0, 0.1) is 5.92 Å². The number of anilines is 2. The number of aromatic nitrogens is 2. The van der Waals surface area contributed by atoms with Crippen LogP contribution in [-0.2, 0) is 0 Å². The number of nitrogens with one attached hydrogen (secondary N) is 2. The van der Waals surface area contributed by atoms with Gasteiger partial charge < -0.3 is 10.6 Å². The molecule has 1 heterocycles. The third-order valence-corrected chi connectivity index (χ3v) is 4.24. The van der Waals surface area contributed by atoms with Gasteiger partial charge in [0.1, 0.15) is 18.0 Å². The van der Waals surface area contributed by atoms with Gasteiger partial charge in [-0.3, -0.25) is 0 Å². The highest BCUT2D eigenvalue weighted by molar-refractivity contribution is 5.59. The first-order chi connectivity index (χ1) is 9.63. The fourth-order valence-electron chi connectivity index (χ4n) is 3.07. The second kappa shape index (κ2) is 6.91. The van der Waals surface area contributed by atoms with Crippen molar-refractivity contribution < 1.29 is 0 Å². The van der Waals surface area contributed by atoms with Crippen molar-refractivity contribution in [1.82, 2.24) is 9.97 Å². The van der Waals surface area contributed by atoms with Crippen molar-refractivity contribution in [2.45, 2.75) is 65.3 Å². The first-order valence-corrected chi connectivity index (χ1v) is 7.98. The molecule has 2 atom stereocenters. The lowest BCUT2D eigenvalue weighted by molar-refractivity contribution is 0.348. The van der Waals surface area contributed by atoms with E-state index in [-0.39, 0.29) is 0 Å². The van der Waals surface area contributed by atoms with E-state index in [1.807, 2.05) is 0 Å². The van der Waals surface area contributed by atoms with E-state index in [9.17, 15) is 0 Å². The molecule has 0 aromatic carbocycles. The zero-order valence-corrected chi connectivity index (χ0v) is 13.2. The van der Waals surface area contributed by atoms with Gasteiger partial charge in [-0.25, -0.2) is 9.97 Å². The van der Waals surface area contributed by atoms with Gasteiger partial charge in [-0.1, -0.05) is 33.6 Å². The Morgan fingerprint density at radius 3 is 2.55 bits per heavy atom. The van der Waals surface area contributed by atoms with Gasteiger partial charge in [0.05, 0.1) is 0 Å². The van der Waals surface area contributed by atoms with Gasteiger partial charge >= 0.3 is 0 Å². The van der Waals surface area contributed by atoms with Crippen LogP contribution in [-0.4, -0.2) is 22.6 Å². The summed E-state index contributed by atoms with van der Waals surface area (Å²) in [7, 11) is 0. The highest BCUT2D eigenvalue weighted by Crippen LogP contribution is 2.32. The van der Waals surface area contributed by atoms with Gasteiger partial charge in [-0.2, -0.15) is 0 Å². The van der Waals surface area contributed by atoms with Crippen LogP contribution in [0.5, 0.6) is 0 Å². The number of rotatable bonds is 5. The summed E-state index contributed by atoms with van der Waals surface area (Å²) in [4.78, 5) is 8.91. The van der Waals surface area contributed by atoms with Crippen LogP contribution >= 0.6 is 0 Å². The molecule has 2 N–H and O–H groups in total. The molecule has 0 radical (unpaired) electrons. The van der Waals surface area contributed by atoms with Crippen molar-refractivity contribution in [1.29, 1.82) is 0 Å². The minimum atomic E-state index is 0.409. The maximum absolute atomic E-state index is 4.51. The minimum absolute atomic E-state index is 0.409. The molecule has 2 rings (SSSR count). The molecule has 0 bridgehead atoms. The van der Waals surface area contributed by atoms with E-state index in [0.717, 1.165) is 24.1 Å². The second-order valence-corrected chi connectivity index (χ2v) is 6.18. The van der Waals surface area contributed by atoms with Crippen molar-refractivity contribution in [3.05, 3.63) is 11.9 Å². The zero-order valence-electron chi connectivity index (χ0n) is 13.2. The smallest absolute Gasteiger partial charge is 0.135 e. The topological polar surface area (TPSA) is 49.8 Å². The van der Waals surface area contributed by atoms with Crippen molar-refractivity contribution in [2.75, 3.05) is 17.2 Å². The highest BCUT2D eigenvalue weighted by Gasteiger charge is 2.23. The fourth-order valence-corrected chi connectivity index (χ4v) is 3.07. The normalized spacial score (nSPS) is 22.9. The van der Waals surface area contributed by atoms with Crippen molar-refractivity contribution in [3.63, 3.8) is 0 Å². The molecule has 1 aromatic rings. The van der Waals surface area contributed by atoms with Crippen molar-refractivity contribution in [2.24, 2.45) is 5.92 Å². The molecule has 2 unspecified atom stereocenters. The van der Waals surface area contributed by atoms with E-state index in [1.54, 1.807) is 6.33 Å². The summed E-state index contributed by atoms with van der Waals surface area (Å²) in [6, 6.07) is 0.547. The molecule has 112 valence electrons. The first-order valence-electron chi connectivity index (χ1n) is 7.98. The first kappa shape index (κ1) is 15.1. The van der Waals surface area contributed by atoms with Gasteiger partial charge in [-0.15, -0.1) is 0 Å². The van der Waals surface area contributed by atoms with E-state index < -0.39 is 0 Å². The molecule has 1 fully saturated rings. The summed E-state index contributed by atoms with van der Waals surface area (Å²) in [6.45, 7) is 9.74. The number of nitrogens with zero attached hydrogens (tertiary/aromatic N) is 2. The Hall–Kier alpha value is -1.32. The molecule has 0 aliphatic heterocycles. The van der Waals surface area contributed by atoms with Gasteiger partial charge in [0.25, 0.3) is 0 Å². The molecule has 4 heteroatoms. The SMILES string of the molecule is CCNc1ncnc(NC2CCCCC2C)c1C(C)C. The molecule has 4 nitrogen and oxygen atoms in total. The third-order valence-electron chi connectivity index (χ3n) is 4.24. The summed E-state index contributed by atoms with van der Waals surface area (Å²) in [5, 5.41) is 7.04. The number of hydrogen-bond donors (Lipinski definition) is 2. The fraction of sp³-hybridized carbons (Fsp3) is 0.750. The average Bonchev–Trinajstić information content (AvgIpc) is 2.41. The minimum Gasteiger partial charge on any atom is -0.370 e. The van der Waals surface area contributed by atoms with Crippen LogP contribution in [0.25, 0.3) is 0 Å². The van der Waals surface area contributed by atoms with Crippen molar-refractivity contribution >= 4 is 11.6 Å². The molecule has 0 spiro atoms. The summed E-state index contributed by atoms with van der Waals surface area (Å²) in [6.07, 6.45) is 6.92. The van der Waals surface area contributed by atoms with Crippen LogP contribution < -0.4 is 10.6 Å². The maximum atomic E-state index is 4.51. The highest BCUT2D eigenvalue weighted by atomic mass is 15.1. The largest absolute Gasteiger partial charge is 0.370 e. The Balaban J connectivity index is 2.23. The predicted octanol–water partition coefficient (Wildman–Crippen LogP) is 4.02. The lowest BCUT2D eigenvalue weighted by Gasteiger charge is -2.31. The summed E-state index contributed by atoms with van der Waals surface area (Å²) in [5.74, 6) is 3.13. The van der Waals surface area contributed by atoms with Gasteiger partial charge in [0.15, 0.2) is 0 Å². The molecular weight excluding hydrogens is 248 g/mol. The molecular formula is C16H28N4.